The number of nitrogens with zero attached hydrogens (tertiary/aromatic N) is 1. The first-order chi connectivity index (χ1) is 18.4. The summed E-state index contributed by atoms with van der Waals surface area (Å²) in [6.45, 7) is 3.11. The summed E-state index contributed by atoms with van der Waals surface area (Å²) in [5.74, 6) is 1.36. The van der Waals surface area contributed by atoms with Crippen LogP contribution in [-0.4, -0.2) is 17.4 Å². The van der Waals surface area contributed by atoms with E-state index in [2.05, 4.69) is 19.1 Å². The quantitative estimate of drug-likeness (QED) is 0.181. The van der Waals surface area contributed by atoms with E-state index in [1.54, 1.807) is 18.2 Å². The number of halogens is 3. The van der Waals surface area contributed by atoms with E-state index in [0.717, 1.165) is 30.4 Å². The van der Waals surface area contributed by atoms with Crippen molar-refractivity contribution in [1.29, 1.82) is 0 Å². The van der Waals surface area contributed by atoms with E-state index in [4.69, 9.17) is 39.5 Å². The maximum absolute atomic E-state index is 13.7. The number of hydrogen-bond donors (Lipinski definition) is 0. The Bertz CT molecular complexity index is 1350. The molecular weight excluding hydrogens is 537 g/mol. The molecule has 0 fully saturated rings. The fourth-order valence-electron chi connectivity index (χ4n) is 4.18. The van der Waals surface area contributed by atoms with Crippen LogP contribution in [0.3, 0.4) is 0 Å². The monoisotopic (exact) mass is 565 g/mol. The third kappa shape index (κ3) is 8.01. The molecule has 0 saturated heterocycles. The molecule has 3 nitrogen and oxygen atoms in total. The average Bonchev–Trinajstić information content (AvgIpc) is 2.92. The summed E-state index contributed by atoms with van der Waals surface area (Å²) in [6, 6.07) is 28.4. The van der Waals surface area contributed by atoms with E-state index < -0.39 is 0 Å². The van der Waals surface area contributed by atoms with Gasteiger partial charge in [0.2, 0.25) is 0 Å². The number of ether oxygens (including phenoxy) is 1. The molecular formula is C32H30Cl3NO2. The lowest BCUT2D eigenvalue weighted by Gasteiger charge is -2.24. The Hall–Kier alpha value is -2.98. The minimum Gasteiger partial charge on any atom is -0.457 e. The summed E-state index contributed by atoms with van der Waals surface area (Å²) in [6.07, 6.45) is 3.90. The van der Waals surface area contributed by atoms with Crippen LogP contribution >= 0.6 is 34.8 Å². The largest absolute Gasteiger partial charge is 0.457 e. The maximum atomic E-state index is 13.7. The van der Waals surface area contributed by atoms with Gasteiger partial charge in [-0.1, -0.05) is 78.5 Å². The van der Waals surface area contributed by atoms with E-state index in [0.29, 0.717) is 51.6 Å². The Morgan fingerprint density at radius 2 is 1.50 bits per heavy atom. The number of aryl methyl sites for hydroxylation is 1. The molecule has 196 valence electrons. The highest BCUT2D eigenvalue weighted by Crippen LogP contribution is 2.26. The van der Waals surface area contributed by atoms with Crippen LogP contribution in [0, 0.1) is 0 Å². The molecule has 0 aromatic heterocycles. The Balaban J connectivity index is 1.54. The van der Waals surface area contributed by atoms with Gasteiger partial charge in [0.05, 0.1) is 0 Å². The van der Waals surface area contributed by atoms with Gasteiger partial charge < -0.3 is 9.64 Å². The third-order valence-electron chi connectivity index (χ3n) is 6.29. The van der Waals surface area contributed by atoms with Crippen molar-refractivity contribution in [3.05, 3.63) is 128 Å². The van der Waals surface area contributed by atoms with Crippen molar-refractivity contribution in [2.75, 3.05) is 6.54 Å². The summed E-state index contributed by atoms with van der Waals surface area (Å²) in [5, 5.41) is 1.84. The lowest BCUT2D eigenvalue weighted by atomic mass is 10.0. The van der Waals surface area contributed by atoms with Crippen molar-refractivity contribution in [1.82, 2.24) is 4.90 Å². The normalized spacial score (nSPS) is 10.8. The van der Waals surface area contributed by atoms with Crippen LogP contribution in [0.2, 0.25) is 15.1 Å². The van der Waals surface area contributed by atoms with Crippen molar-refractivity contribution < 1.29 is 9.53 Å². The van der Waals surface area contributed by atoms with Gasteiger partial charge in [0.25, 0.3) is 5.91 Å². The highest BCUT2D eigenvalue weighted by Gasteiger charge is 2.18. The van der Waals surface area contributed by atoms with Gasteiger partial charge in [0, 0.05) is 33.7 Å². The SMILES string of the molecule is CCCCc1ccc(C(=O)N(CCc2ccc(Cl)cc2Cl)Cc2cccc(Oc3ccc(Cl)cc3)c2)cc1. The van der Waals surface area contributed by atoms with Crippen molar-refractivity contribution in [3.8, 4) is 11.5 Å². The minimum absolute atomic E-state index is 0.0267. The molecule has 1 amide bonds. The van der Waals surface area contributed by atoms with Gasteiger partial charge in [-0.25, -0.2) is 0 Å². The fourth-order valence-corrected chi connectivity index (χ4v) is 4.81. The van der Waals surface area contributed by atoms with E-state index >= 15 is 0 Å². The number of unbranched alkanes of at least 4 members (excludes halogenated alkanes) is 1. The summed E-state index contributed by atoms with van der Waals surface area (Å²) in [4.78, 5) is 15.5. The number of hydrogen-bond acceptors (Lipinski definition) is 2. The Kier molecular flexibility index (Phi) is 10.1. The molecule has 0 saturated carbocycles. The summed E-state index contributed by atoms with van der Waals surface area (Å²) in [5.41, 5.74) is 3.83. The van der Waals surface area contributed by atoms with Gasteiger partial charge in [-0.15, -0.1) is 0 Å². The Labute approximate surface area is 239 Å². The first kappa shape index (κ1) is 28.0. The number of rotatable bonds is 11. The second kappa shape index (κ2) is 13.7. The molecule has 0 spiro atoms. The molecule has 0 aliphatic rings. The molecule has 0 aliphatic heterocycles. The minimum atomic E-state index is -0.0267. The molecule has 0 N–H and O–H groups in total. The second-order valence-corrected chi connectivity index (χ2v) is 10.5. The molecule has 0 bridgehead atoms. The van der Waals surface area contributed by atoms with Crippen LogP contribution in [0.15, 0.2) is 91.0 Å². The van der Waals surface area contributed by atoms with Gasteiger partial charge in [-0.2, -0.15) is 0 Å². The molecule has 0 aliphatic carbocycles. The van der Waals surface area contributed by atoms with Gasteiger partial charge in [-0.05, 0) is 96.6 Å². The summed E-state index contributed by atoms with van der Waals surface area (Å²) < 4.78 is 6.01. The molecule has 0 atom stereocenters. The molecule has 38 heavy (non-hydrogen) atoms. The number of amides is 1. The first-order valence-corrected chi connectivity index (χ1v) is 13.9. The topological polar surface area (TPSA) is 29.5 Å². The highest BCUT2D eigenvalue weighted by molar-refractivity contribution is 6.35. The van der Waals surface area contributed by atoms with Gasteiger partial charge in [0.15, 0.2) is 0 Å². The fraction of sp³-hybridized carbons (Fsp3) is 0.219. The Morgan fingerprint density at radius 1 is 0.763 bits per heavy atom. The molecule has 0 unspecified atom stereocenters. The van der Waals surface area contributed by atoms with E-state index in [9.17, 15) is 4.79 Å². The van der Waals surface area contributed by atoms with Gasteiger partial charge in [0.1, 0.15) is 11.5 Å². The number of carbonyl (C=O) groups is 1. The maximum Gasteiger partial charge on any atom is 0.254 e. The summed E-state index contributed by atoms with van der Waals surface area (Å²) >= 11 is 18.5. The third-order valence-corrected chi connectivity index (χ3v) is 7.13. The number of carbonyl (C=O) groups excluding carboxylic acids is 1. The van der Waals surface area contributed by atoms with Crippen LogP contribution in [-0.2, 0) is 19.4 Å². The van der Waals surface area contributed by atoms with Gasteiger partial charge >= 0.3 is 0 Å². The van der Waals surface area contributed by atoms with E-state index in [-0.39, 0.29) is 5.91 Å². The highest BCUT2D eigenvalue weighted by atomic mass is 35.5. The lowest BCUT2D eigenvalue weighted by molar-refractivity contribution is 0.0745. The zero-order valence-electron chi connectivity index (χ0n) is 21.3. The average molecular weight is 567 g/mol. The predicted octanol–water partition coefficient (Wildman–Crippen LogP) is 9.67. The number of benzene rings is 4. The molecule has 0 radical (unpaired) electrons. The predicted molar refractivity (Wildman–Crippen MR) is 158 cm³/mol. The standard InChI is InChI=1S/C32H30Cl3NO2/c1-2-3-5-23-8-10-26(11-9-23)32(37)36(19-18-25-12-13-28(34)21-31(25)35)22-24-6-4-7-30(20-24)38-29-16-14-27(33)15-17-29/h4,6-17,20-21H,2-3,5,18-19,22H2,1H3. The van der Waals surface area contributed by atoms with E-state index in [1.165, 1.54) is 5.56 Å². The van der Waals surface area contributed by atoms with Gasteiger partial charge in [-0.3, -0.25) is 4.79 Å². The molecule has 0 heterocycles. The van der Waals surface area contributed by atoms with Crippen molar-refractivity contribution in [2.24, 2.45) is 0 Å². The van der Waals surface area contributed by atoms with Crippen LogP contribution in [0.5, 0.6) is 11.5 Å². The molecule has 4 aromatic carbocycles. The lowest BCUT2D eigenvalue weighted by Crippen LogP contribution is -2.32. The van der Waals surface area contributed by atoms with Crippen molar-refractivity contribution in [3.63, 3.8) is 0 Å². The molecule has 4 rings (SSSR count). The molecule has 4 aromatic rings. The van der Waals surface area contributed by atoms with Crippen LogP contribution in [0.4, 0.5) is 0 Å². The van der Waals surface area contributed by atoms with Crippen molar-refractivity contribution in [2.45, 2.75) is 39.2 Å². The molecule has 6 heteroatoms. The zero-order chi connectivity index (χ0) is 26.9. The van der Waals surface area contributed by atoms with E-state index in [1.807, 2.05) is 65.6 Å². The van der Waals surface area contributed by atoms with Crippen LogP contribution < -0.4 is 4.74 Å². The smallest absolute Gasteiger partial charge is 0.254 e. The Morgan fingerprint density at radius 3 is 2.21 bits per heavy atom. The second-order valence-electron chi connectivity index (χ2n) is 9.22. The first-order valence-electron chi connectivity index (χ1n) is 12.8. The van der Waals surface area contributed by atoms with Crippen LogP contribution in [0.25, 0.3) is 0 Å². The zero-order valence-corrected chi connectivity index (χ0v) is 23.6. The van der Waals surface area contributed by atoms with Crippen LogP contribution in [0.1, 0.15) is 46.8 Å². The van der Waals surface area contributed by atoms with Crippen molar-refractivity contribution >= 4 is 40.7 Å². The summed E-state index contributed by atoms with van der Waals surface area (Å²) in [7, 11) is 0.